The Kier molecular flexibility index (Phi) is 11.0. The zero-order valence-electron chi connectivity index (χ0n) is 10.4. The summed E-state index contributed by atoms with van der Waals surface area (Å²) in [6, 6.07) is 0. The summed E-state index contributed by atoms with van der Waals surface area (Å²) in [4.78, 5) is 2.16. The van der Waals surface area contributed by atoms with Crippen molar-refractivity contribution >= 4 is 0 Å². The molecule has 1 aliphatic heterocycles. The van der Waals surface area contributed by atoms with Gasteiger partial charge in [0.15, 0.2) is 0 Å². The third kappa shape index (κ3) is 6.35. The maximum absolute atomic E-state index is 9.52. The summed E-state index contributed by atoms with van der Waals surface area (Å²) in [5.74, 6) is 0. The van der Waals surface area contributed by atoms with E-state index in [4.69, 9.17) is 5.11 Å². The summed E-state index contributed by atoms with van der Waals surface area (Å²) in [7, 11) is 2.02. The highest BCUT2D eigenvalue weighted by molar-refractivity contribution is 4.83. The van der Waals surface area contributed by atoms with Crippen molar-refractivity contribution in [3.8, 4) is 0 Å². The monoisotopic (exact) mass is 205 g/mol. The average molecular weight is 205 g/mol. The van der Waals surface area contributed by atoms with E-state index in [1.54, 1.807) is 0 Å². The lowest BCUT2D eigenvalue weighted by Gasteiger charge is -2.34. The van der Waals surface area contributed by atoms with Crippen LogP contribution in [0.3, 0.4) is 0 Å². The van der Waals surface area contributed by atoms with E-state index in [1.807, 2.05) is 34.7 Å². The molecule has 0 radical (unpaired) electrons. The van der Waals surface area contributed by atoms with Crippen LogP contribution in [0.1, 0.15) is 40.5 Å². The van der Waals surface area contributed by atoms with Crippen molar-refractivity contribution < 1.29 is 10.2 Å². The highest BCUT2D eigenvalue weighted by Crippen LogP contribution is 2.19. The van der Waals surface area contributed by atoms with Crippen molar-refractivity contribution in [3.63, 3.8) is 0 Å². The molecule has 1 rings (SSSR count). The molecule has 0 aliphatic carbocycles. The van der Waals surface area contributed by atoms with Gasteiger partial charge in [-0.2, -0.15) is 0 Å². The molecule has 1 heterocycles. The third-order valence-electron chi connectivity index (χ3n) is 2.21. The topological polar surface area (TPSA) is 43.7 Å². The molecule has 1 fully saturated rings. The Balaban J connectivity index is 0. The van der Waals surface area contributed by atoms with Crippen molar-refractivity contribution in [2.75, 3.05) is 26.7 Å². The van der Waals surface area contributed by atoms with E-state index in [2.05, 4.69) is 4.90 Å². The van der Waals surface area contributed by atoms with Crippen LogP contribution in [0.25, 0.3) is 0 Å². The maximum atomic E-state index is 9.52. The van der Waals surface area contributed by atoms with E-state index < -0.39 is 5.60 Å². The number of nitrogens with zero attached hydrogens (tertiary/aromatic N) is 1. The molecule has 0 atom stereocenters. The molecule has 2 N–H and O–H groups in total. The molecule has 1 aliphatic rings. The number of aliphatic hydroxyl groups is 2. The average Bonchev–Trinajstić information content (AvgIpc) is 2.28. The second-order valence-electron chi connectivity index (χ2n) is 3.19. The number of rotatable bonds is 1. The fourth-order valence-corrected chi connectivity index (χ4v) is 1.19. The Morgan fingerprint density at radius 3 is 1.71 bits per heavy atom. The SMILES string of the molecule is CC.CC.CN1CCC(O)(CO)CC1. The van der Waals surface area contributed by atoms with Crippen molar-refractivity contribution in [1.29, 1.82) is 0 Å². The van der Waals surface area contributed by atoms with Crippen LogP contribution >= 0.6 is 0 Å². The van der Waals surface area contributed by atoms with Gasteiger partial charge >= 0.3 is 0 Å². The Labute approximate surface area is 88.7 Å². The number of aliphatic hydroxyl groups excluding tert-OH is 1. The zero-order chi connectivity index (χ0) is 11.6. The molecule has 0 bridgehead atoms. The van der Waals surface area contributed by atoms with Gasteiger partial charge < -0.3 is 15.1 Å². The van der Waals surface area contributed by atoms with Gasteiger partial charge in [-0.25, -0.2) is 0 Å². The largest absolute Gasteiger partial charge is 0.393 e. The summed E-state index contributed by atoms with van der Waals surface area (Å²) in [5.41, 5.74) is -0.785. The second-order valence-corrected chi connectivity index (χ2v) is 3.19. The van der Waals surface area contributed by atoms with Crippen LogP contribution in [-0.4, -0.2) is 47.5 Å². The molecule has 88 valence electrons. The first-order chi connectivity index (χ1) is 6.66. The van der Waals surface area contributed by atoms with Gasteiger partial charge in [0, 0.05) is 13.1 Å². The van der Waals surface area contributed by atoms with Crippen molar-refractivity contribution in [1.82, 2.24) is 4.90 Å². The molecule has 14 heavy (non-hydrogen) atoms. The zero-order valence-corrected chi connectivity index (χ0v) is 10.4. The molecule has 0 aromatic heterocycles. The summed E-state index contributed by atoms with van der Waals surface area (Å²) in [6.45, 7) is 9.68. The van der Waals surface area contributed by atoms with Gasteiger partial charge in [-0.15, -0.1) is 0 Å². The summed E-state index contributed by atoms with van der Waals surface area (Å²) in [6.07, 6.45) is 1.39. The molecule has 0 amide bonds. The summed E-state index contributed by atoms with van der Waals surface area (Å²) in [5, 5.41) is 18.3. The molecular formula is C11H27NO2. The fourth-order valence-electron chi connectivity index (χ4n) is 1.19. The van der Waals surface area contributed by atoms with E-state index >= 15 is 0 Å². The van der Waals surface area contributed by atoms with Crippen molar-refractivity contribution in [3.05, 3.63) is 0 Å². The predicted molar refractivity (Wildman–Crippen MR) is 61.5 cm³/mol. The lowest BCUT2D eigenvalue weighted by atomic mass is 9.93. The van der Waals surface area contributed by atoms with E-state index in [0.29, 0.717) is 12.8 Å². The van der Waals surface area contributed by atoms with Crippen LogP contribution in [0.15, 0.2) is 0 Å². The van der Waals surface area contributed by atoms with Crippen LogP contribution < -0.4 is 0 Å². The number of hydrogen-bond acceptors (Lipinski definition) is 3. The summed E-state index contributed by atoms with van der Waals surface area (Å²) < 4.78 is 0. The van der Waals surface area contributed by atoms with Gasteiger partial charge in [-0.05, 0) is 19.9 Å². The Hall–Kier alpha value is -0.120. The van der Waals surface area contributed by atoms with E-state index in [-0.39, 0.29) is 6.61 Å². The van der Waals surface area contributed by atoms with Gasteiger partial charge in [0.05, 0.1) is 12.2 Å². The maximum Gasteiger partial charge on any atom is 0.0901 e. The van der Waals surface area contributed by atoms with Crippen LogP contribution in [0, 0.1) is 0 Å². The van der Waals surface area contributed by atoms with E-state index in [0.717, 1.165) is 13.1 Å². The minimum Gasteiger partial charge on any atom is -0.393 e. The van der Waals surface area contributed by atoms with Crippen LogP contribution in [0.5, 0.6) is 0 Å². The molecule has 3 heteroatoms. The highest BCUT2D eigenvalue weighted by Gasteiger charge is 2.29. The number of hydrogen-bond donors (Lipinski definition) is 2. The van der Waals surface area contributed by atoms with Gasteiger partial charge in [0.1, 0.15) is 0 Å². The first-order valence-corrected chi connectivity index (χ1v) is 5.68. The second kappa shape index (κ2) is 9.44. The van der Waals surface area contributed by atoms with Crippen LogP contribution in [0.4, 0.5) is 0 Å². The summed E-state index contributed by atoms with van der Waals surface area (Å²) >= 11 is 0. The molecule has 0 aromatic carbocycles. The molecule has 0 unspecified atom stereocenters. The first kappa shape index (κ1) is 16.3. The lowest BCUT2D eigenvalue weighted by Crippen LogP contribution is -2.45. The quantitative estimate of drug-likeness (QED) is 0.681. The van der Waals surface area contributed by atoms with Crippen molar-refractivity contribution in [2.24, 2.45) is 0 Å². The molecule has 0 spiro atoms. The highest BCUT2D eigenvalue weighted by atomic mass is 16.3. The van der Waals surface area contributed by atoms with Gasteiger partial charge in [-0.3, -0.25) is 0 Å². The predicted octanol–water partition coefficient (Wildman–Crippen LogP) is 1.49. The number of piperidine rings is 1. The molecule has 0 aromatic rings. The van der Waals surface area contributed by atoms with Gasteiger partial charge in [0.25, 0.3) is 0 Å². The molecule has 0 saturated carbocycles. The Morgan fingerprint density at radius 2 is 1.43 bits per heavy atom. The minimum atomic E-state index is -0.785. The Morgan fingerprint density at radius 1 is 1.07 bits per heavy atom. The molecule has 3 nitrogen and oxygen atoms in total. The van der Waals surface area contributed by atoms with E-state index in [1.165, 1.54) is 0 Å². The fraction of sp³-hybridized carbons (Fsp3) is 1.00. The standard InChI is InChI=1S/C7H15NO2.2C2H6/c1-8-4-2-7(10,6-9)3-5-8;2*1-2/h9-10H,2-6H2,1H3;2*1-2H3. The molecule has 1 saturated heterocycles. The Bertz CT molecular complexity index is 110. The smallest absolute Gasteiger partial charge is 0.0901 e. The number of likely N-dealkylation sites (tertiary alicyclic amines) is 1. The van der Waals surface area contributed by atoms with Crippen molar-refractivity contribution in [2.45, 2.75) is 46.1 Å². The first-order valence-electron chi connectivity index (χ1n) is 5.68. The van der Waals surface area contributed by atoms with Gasteiger partial charge in [-0.1, -0.05) is 27.7 Å². The van der Waals surface area contributed by atoms with Crippen LogP contribution in [-0.2, 0) is 0 Å². The molecular weight excluding hydrogens is 178 g/mol. The normalized spacial score (nSPS) is 19.9. The van der Waals surface area contributed by atoms with E-state index in [9.17, 15) is 5.11 Å². The van der Waals surface area contributed by atoms with Crippen LogP contribution in [0.2, 0.25) is 0 Å². The minimum absolute atomic E-state index is 0.0964. The third-order valence-corrected chi connectivity index (χ3v) is 2.21. The van der Waals surface area contributed by atoms with Gasteiger partial charge in [0.2, 0.25) is 0 Å². The lowest BCUT2D eigenvalue weighted by molar-refractivity contribution is -0.0555.